The van der Waals surface area contributed by atoms with Crippen LogP contribution in [0.3, 0.4) is 0 Å². The summed E-state index contributed by atoms with van der Waals surface area (Å²) in [6, 6.07) is 12.0. The molecule has 1 N–H and O–H groups in total. The molecule has 152 valence electrons. The second kappa shape index (κ2) is 7.58. The van der Waals surface area contributed by atoms with Gasteiger partial charge in [-0.05, 0) is 23.8 Å². The van der Waals surface area contributed by atoms with Crippen LogP contribution in [-0.4, -0.2) is 15.3 Å². The van der Waals surface area contributed by atoms with Gasteiger partial charge in [0.1, 0.15) is 5.56 Å². The molecular formula is C20H11ClF3N3O2S. The summed E-state index contributed by atoms with van der Waals surface area (Å²) < 4.78 is 40.4. The fraction of sp³-hybridized carbons (Fsp3) is 0.0500. The zero-order valence-electron chi connectivity index (χ0n) is 14.9. The zero-order valence-corrected chi connectivity index (χ0v) is 16.5. The van der Waals surface area contributed by atoms with Gasteiger partial charge in [-0.25, -0.2) is 4.98 Å². The van der Waals surface area contributed by atoms with Crippen molar-refractivity contribution in [3.05, 3.63) is 86.6 Å². The van der Waals surface area contributed by atoms with Crippen molar-refractivity contribution in [2.24, 2.45) is 0 Å². The molecule has 0 aliphatic rings. The van der Waals surface area contributed by atoms with Gasteiger partial charge in [-0.2, -0.15) is 13.2 Å². The Bertz CT molecular complexity index is 1320. The molecule has 0 radical (unpaired) electrons. The molecule has 2 heterocycles. The SMILES string of the molecule is O=C(Nc1ccc(Cl)c(C(F)(F)F)c1)c1cnc2scc(-c3ccccc3)n2c1=O. The first-order chi connectivity index (χ1) is 14.3. The number of thiazole rings is 1. The number of rotatable bonds is 3. The Kier molecular flexibility index (Phi) is 5.08. The highest BCUT2D eigenvalue weighted by atomic mass is 35.5. The highest BCUT2D eigenvalue weighted by Crippen LogP contribution is 2.36. The van der Waals surface area contributed by atoms with E-state index >= 15 is 0 Å². The number of aromatic nitrogens is 2. The molecule has 0 saturated carbocycles. The van der Waals surface area contributed by atoms with Gasteiger partial charge in [-0.15, -0.1) is 11.3 Å². The fourth-order valence-electron chi connectivity index (χ4n) is 2.88. The van der Waals surface area contributed by atoms with E-state index in [9.17, 15) is 22.8 Å². The van der Waals surface area contributed by atoms with E-state index in [2.05, 4.69) is 10.3 Å². The summed E-state index contributed by atoms with van der Waals surface area (Å²) in [5.74, 6) is -0.873. The van der Waals surface area contributed by atoms with Crippen LogP contribution in [0.5, 0.6) is 0 Å². The van der Waals surface area contributed by atoms with Crippen molar-refractivity contribution in [2.45, 2.75) is 6.18 Å². The van der Waals surface area contributed by atoms with Crippen LogP contribution in [0.1, 0.15) is 15.9 Å². The monoisotopic (exact) mass is 449 g/mol. The van der Waals surface area contributed by atoms with Crippen LogP contribution < -0.4 is 10.9 Å². The Morgan fingerprint density at radius 3 is 2.57 bits per heavy atom. The van der Waals surface area contributed by atoms with Crippen LogP contribution in [0, 0.1) is 0 Å². The summed E-state index contributed by atoms with van der Waals surface area (Å²) in [5, 5.41) is 3.56. The van der Waals surface area contributed by atoms with E-state index in [1.807, 2.05) is 30.3 Å². The van der Waals surface area contributed by atoms with Gasteiger partial charge in [0.25, 0.3) is 11.5 Å². The minimum atomic E-state index is -4.68. The van der Waals surface area contributed by atoms with Crippen molar-refractivity contribution in [1.29, 1.82) is 0 Å². The van der Waals surface area contributed by atoms with E-state index in [0.29, 0.717) is 16.7 Å². The highest BCUT2D eigenvalue weighted by molar-refractivity contribution is 7.15. The highest BCUT2D eigenvalue weighted by Gasteiger charge is 2.33. The van der Waals surface area contributed by atoms with Crippen molar-refractivity contribution in [3.8, 4) is 11.3 Å². The molecule has 0 unspecified atom stereocenters. The lowest BCUT2D eigenvalue weighted by atomic mass is 10.1. The largest absolute Gasteiger partial charge is 0.417 e. The lowest BCUT2D eigenvalue weighted by molar-refractivity contribution is -0.137. The third kappa shape index (κ3) is 3.69. The number of carbonyl (C=O) groups excluding carboxylic acids is 1. The molecule has 1 amide bonds. The number of nitrogens with one attached hydrogen (secondary N) is 1. The summed E-state index contributed by atoms with van der Waals surface area (Å²) in [6.07, 6.45) is -3.57. The van der Waals surface area contributed by atoms with Gasteiger partial charge in [-0.3, -0.25) is 14.0 Å². The molecule has 0 bridgehead atoms. The van der Waals surface area contributed by atoms with Crippen molar-refractivity contribution in [1.82, 2.24) is 9.38 Å². The normalized spacial score (nSPS) is 11.6. The molecule has 2 aromatic carbocycles. The molecule has 2 aromatic heterocycles. The molecule has 0 aliphatic carbocycles. The van der Waals surface area contributed by atoms with Gasteiger partial charge in [0.05, 0.1) is 16.3 Å². The lowest BCUT2D eigenvalue weighted by Gasteiger charge is -2.11. The standard InChI is InChI=1S/C20H11ClF3N3O2S/c21-15-7-6-12(8-14(15)20(22,23)24)26-17(28)13-9-25-19-27(18(13)29)16(10-30-19)11-4-2-1-3-5-11/h1-10H,(H,26,28). The number of halogens is 4. The van der Waals surface area contributed by atoms with Gasteiger partial charge < -0.3 is 5.32 Å². The van der Waals surface area contributed by atoms with E-state index in [-0.39, 0.29) is 11.3 Å². The average molecular weight is 450 g/mol. The van der Waals surface area contributed by atoms with Gasteiger partial charge in [0.15, 0.2) is 4.96 Å². The number of nitrogens with zero attached hydrogens (tertiary/aromatic N) is 2. The van der Waals surface area contributed by atoms with E-state index in [4.69, 9.17) is 11.6 Å². The van der Waals surface area contributed by atoms with Crippen LogP contribution in [0.4, 0.5) is 18.9 Å². The quantitative estimate of drug-likeness (QED) is 0.458. The predicted octanol–water partition coefficient (Wildman–Crippen LogP) is 5.35. The lowest BCUT2D eigenvalue weighted by Crippen LogP contribution is -2.26. The number of carbonyl (C=O) groups is 1. The van der Waals surface area contributed by atoms with E-state index in [1.54, 1.807) is 5.38 Å². The van der Waals surface area contributed by atoms with E-state index in [1.165, 1.54) is 21.8 Å². The van der Waals surface area contributed by atoms with E-state index in [0.717, 1.165) is 17.8 Å². The summed E-state index contributed by atoms with van der Waals surface area (Å²) in [4.78, 5) is 30.1. The Labute approximate surface area is 176 Å². The number of amides is 1. The van der Waals surface area contributed by atoms with Crippen LogP contribution in [0.15, 0.2) is 64.9 Å². The van der Waals surface area contributed by atoms with Crippen LogP contribution in [-0.2, 0) is 6.18 Å². The Morgan fingerprint density at radius 1 is 1.13 bits per heavy atom. The number of alkyl halides is 3. The topological polar surface area (TPSA) is 63.5 Å². The first-order valence-electron chi connectivity index (χ1n) is 8.48. The number of hydrogen-bond acceptors (Lipinski definition) is 4. The van der Waals surface area contributed by atoms with E-state index < -0.39 is 28.2 Å². The zero-order chi connectivity index (χ0) is 21.5. The third-order valence-electron chi connectivity index (χ3n) is 4.29. The van der Waals surface area contributed by atoms with Crippen molar-refractivity contribution < 1.29 is 18.0 Å². The second-order valence-corrected chi connectivity index (χ2v) is 7.47. The van der Waals surface area contributed by atoms with Crippen LogP contribution >= 0.6 is 22.9 Å². The number of benzene rings is 2. The summed E-state index contributed by atoms with van der Waals surface area (Å²) in [5.41, 5.74) is -0.827. The first-order valence-corrected chi connectivity index (χ1v) is 9.74. The minimum absolute atomic E-state index is 0.144. The Morgan fingerprint density at radius 2 is 1.87 bits per heavy atom. The average Bonchev–Trinajstić information content (AvgIpc) is 3.14. The maximum Gasteiger partial charge on any atom is 0.417 e. The predicted molar refractivity (Wildman–Crippen MR) is 109 cm³/mol. The summed E-state index contributed by atoms with van der Waals surface area (Å²) in [6.45, 7) is 0. The van der Waals surface area contributed by atoms with Gasteiger partial charge >= 0.3 is 6.18 Å². The molecule has 5 nitrogen and oxygen atoms in total. The first kappa shape index (κ1) is 20.1. The minimum Gasteiger partial charge on any atom is -0.322 e. The smallest absolute Gasteiger partial charge is 0.322 e. The third-order valence-corrected chi connectivity index (χ3v) is 5.46. The molecule has 0 atom stereocenters. The molecule has 0 saturated heterocycles. The molecule has 30 heavy (non-hydrogen) atoms. The Hall–Kier alpha value is -3.17. The van der Waals surface area contributed by atoms with Crippen molar-refractivity contribution in [3.63, 3.8) is 0 Å². The summed E-state index contributed by atoms with van der Waals surface area (Å²) in [7, 11) is 0. The summed E-state index contributed by atoms with van der Waals surface area (Å²) >= 11 is 6.83. The van der Waals surface area contributed by atoms with Crippen LogP contribution in [0.2, 0.25) is 5.02 Å². The fourth-order valence-corrected chi connectivity index (χ4v) is 3.96. The second-order valence-electron chi connectivity index (χ2n) is 6.23. The van der Waals surface area contributed by atoms with Gasteiger partial charge in [0.2, 0.25) is 0 Å². The van der Waals surface area contributed by atoms with Gasteiger partial charge in [0, 0.05) is 17.3 Å². The molecule has 0 spiro atoms. The maximum atomic E-state index is 13.0. The number of anilines is 1. The molecule has 4 rings (SSSR count). The molecule has 10 heteroatoms. The van der Waals surface area contributed by atoms with Gasteiger partial charge in [-0.1, -0.05) is 41.9 Å². The number of fused-ring (bicyclic) bond motifs is 1. The number of hydrogen-bond donors (Lipinski definition) is 1. The van der Waals surface area contributed by atoms with Crippen molar-refractivity contribution in [2.75, 3.05) is 5.32 Å². The molecule has 0 fully saturated rings. The molecular weight excluding hydrogens is 439 g/mol. The molecule has 0 aliphatic heterocycles. The van der Waals surface area contributed by atoms with Crippen molar-refractivity contribution >= 4 is 39.5 Å². The van der Waals surface area contributed by atoms with Crippen LogP contribution in [0.25, 0.3) is 16.2 Å². The maximum absolute atomic E-state index is 13.0. The molecule has 4 aromatic rings. The Balaban J connectivity index is 1.73.